The molecule has 1 unspecified atom stereocenters. The lowest BCUT2D eigenvalue weighted by atomic mass is 10.1. The van der Waals surface area contributed by atoms with Crippen LogP contribution in [0.15, 0.2) is 42.5 Å². The SMILES string of the molecule is COc1cccc(C(O)c2cccc(C)n2)c1. The molecule has 3 heteroatoms. The van der Waals surface area contributed by atoms with Gasteiger partial charge < -0.3 is 9.84 Å². The number of aliphatic hydroxyl groups excluding tert-OH is 1. The first-order valence-corrected chi connectivity index (χ1v) is 5.46. The van der Waals surface area contributed by atoms with Crippen LogP contribution in [0.5, 0.6) is 5.75 Å². The monoisotopic (exact) mass is 229 g/mol. The minimum absolute atomic E-state index is 0.651. The first-order valence-electron chi connectivity index (χ1n) is 5.46. The smallest absolute Gasteiger partial charge is 0.121 e. The molecule has 17 heavy (non-hydrogen) atoms. The number of pyridine rings is 1. The standard InChI is InChI=1S/C14H15NO2/c1-10-5-3-8-13(15-10)14(16)11-6-4-7-12(9-11)17-2/h3-9,14,16H,1-2H3. The topological polar surface area (TPSA) is 42.4 Å². The molecule has 1 aromatic heterocycles. The van der Waals surface area contributed by atoms with Gasteiger partial charge in [0.15, 0.2) is 0 Å². The molecule has 0 amide bonds. The summed E-state index contributed by atoms with van der Waals surface area (Å²) in [5.74, 6) is 0.731. The van der Waals surface area contributed by atoms with Crippen molar-refractivity contribution in [2.45, 2.75) is 13.0 Å². The lowest BCUT2D eigenvalue weighted by Crippen LogP contribution is -2.03. The summed E-state index contributed by atoms with van der Waals surface area (Å²) in [6, 6.07) is 13.0. The van der Waals surface area contributed by atoms with E-state index in [-0.39, 0.29) is 0 Å². The van der Waals surface area contributed by atoms with E-state index >= 15 is 0 Å². The average Bonchev–Trinajstić information content (AvgIpc) is 2.38. The molecular formula is C14H15NO2. The van der Waals surface area contributed by atoms with E-state index in [1.165, 1.54) is 0 Å². The second-order valence-electron chi connectivity index (χ2n) is 3.88. The van der Waals surface area contributed by atoms with E-state index in [0.29, 0.717) is 5.69 Å². The zero-order valence-corrected chi connectivity index (χ0v) is 9.92. The van der Waals surface area contributed by atoms with Crippen LogP contribution in [-0.2, 0) is 0 Å². The van der Waals surface area contributed by atoms with Crippen LogP contribution in [0.25, 0.3) is 0 Å². The number of hydrogen-bond acceptors (Lipinski definition) is 3. The first-order chi connectivity index (χ1) is 8.20. The molecule has 0 saturated heterocycles. The number of aromatic nitrogens is 1. The highest BCUT2D eigenvalue weighted by Crippen LogP contribution is 2.23. The van der Waals surface area contributed by atoms with Gasteiger partial charge in [-0.1, -0.05) is 18.2 Å². The minimum Gasteiger partial charge on any atom is -0.497 e. The molecule has 1 heterocycles. The van der Waals surface area contributed by atoms with Crippen molar-refractivity contribution in [3.63, 3.8) is 0 Å². The second-order valence-corrected chi connectivity index (χ2v) is 3.88. The van der Waals surface area contributed by atoms with Crippen molar-refractivity contribution in [1.29, 1.82) is 0 Å². The first kappa shape index (κ1) is 11.6. The van der Waals surface area contributed by atoms with Crippen LogP contribution < -0.4 is 4.74 Å². The third-order valence-corrected chi connectivity index (χ3v) is 2.60. The van der Waals surface area contributed by atoms with E-state index < -0.39 is 6.10 Å². The average molecular weight is 229 g/mol. The van der Waals surface area contributed by atoms with Crippen molar-refractivity contribution in [1.82, 2.24) is 4.98 Å². The zero-order valence-electron chi connectivity index (χ0n) is 9.92. The van der Waals surface area contributed by atoms with E-state index in [1.807, 2.05) is 49.4 Å². The van der Waals surface area contributed by atoms with Crippen LogP contribution in [0.1, 0.15) is 23.1 Å². The molecule has 1 atom stereocenters. The Morgan fingerprint density at radius 2 is 1.94 bits per heavy atom. The second kappa shape index (κ2) is 4.97. The Balaban J connectivity index is 2.33. The number of nitrogens with zero attached hydrogens (tertiary/aromatic N) is 1. The third-order valence-electron chi connectivity index (χ3n) is 2.60. The molecule has 1 aromatic carbocycles. The molecule has 0 aliphatic carbocycles. The van der Waals surface area contributed by atoms with Gasteiger partial charge in [0, 0.05) is 5.69 Å². The van der Waals surface area contributed by atoms with Gasteiger partial charge in [0.2, 0.25) is 0 Å². The highest BCUT2D eigenvalue weighted by molar-refractivity contribution is 5.33. The molecule has 3 nitrogen and oxygen atoms in total. The van der Waals surface area contributed by atoms with Gasteiger partial charge in [-0.05, 0) is 36.8 Å². The lowest BCUT2D eigenvalue weighted by molar-refractivity contribution is 0.214. The Labute approximate surface area is 101 Å². The maximum atomic E-state index is 10.2. The zero-order chi connectivity index (χ0) is 12.3. The van der Waals surface area contributed by atoms with Crippen LogP contribution in [0.2, 0.25) is 0 Å². The summed E-state index contributed by atoms with van der Waals surface area (Å²) in [5, 5.41) is 10.2. The summed E-state index contributed by atoms with van der Waals surface area (Å²) in [7, 11) is 1.61. The fraction of sp³-hybridized carbons (Fsp3) is 0.214. The van der Waals surface area contributed by atoms with E-state index in [0.717, 1.165) is 17.0 Å². The van der Waals surface area contributed by atoms with Crippen molar-refractivity contribution < 1.29 is 9.84 Å². The van der Waals surface area contributed by atoms with Gasteiger partial charge in [0.25, 0.3) is 0 Å². The summed E-state index contributed by atoms with van der Waals surface area (Å²) >= 11 is 0. The Bertz CT molecular complexity index is 511. The number of rotatable bonds is 3. The predicted molar refractivity (Wildman–Crippen MR) is 66.0 cm³/mol. The minimum atomic E-state index is -0.718. The van der Waals surface area contributed by atoms with Crippen LogP contribution in [0, 0.1) is 6.92 Å². The lowest BCUT2D eigenvalue weighted by Gasteiger charge is -2.12. The number of hydrogen-bond donors (Lipinski definition) is 1. The van der Waals surface area contributed by atoms with Crippen LogP contribution in [0.4, 0.5) is 0 Å². The normalized spacial score (nSPS) is 12.2. The van der Waals surface area contributed by atoms with Crippen molar-refractivity contribution in [2.75, 3.05) is 7.11 Å². The Morgan fingerprint density at radius 1 is 1.18 bits per heavy atom. The van der Waals surface area contributed by atoms with E-state index in [4.69, 9.17) is 4.74 Å². The Hall–Kier alpha value is -1.87. The summed E-state index contributed by atoms with van der Waals surface area (Å²) in [6.07, 6.45) is -0.718. The van der Waals surface area contributed by atoms with Gasteiger partial charge in [0.05, 0.1) is 12.8 Å². The van der Waals surface area contributed by atoms with Gasteiger partial charge in [-0.3, -0.25) is 4.98 Å². The van der Waals surface area contributed by atoms with E-state index in [9.17, 15) is 5.11 Å². The van der Waals surface area contributed by atoms with Gasteiger partial charge >= 0.3 is 0 Å². The highest BCUT2D eigenvalue weighted by atomic mass is 16.5. The molecule has 0 aliphatic heterocycles. The van der Waals surface area contributed by atoms with E-state index in [2.05, 4.69) is 4.98 Å². The fourth-order valence-electron chi connectivity index (χ4n) is 1.70. The molecule has 0 spiro atoms. The highest BCUT2D eigenvalue weighted by Gasteiger charge is 2.12. The number of aliphatic hydroxyl groups is 1. The molecule has 2 aromatic rings. The Morgan fingerprint density at radius 3 is 2.65 bits per heavy atom. The molecule has 88 valence electrons. The van der Waals surface area contributed by atoms with Crippen LogP contribution >= 0.6 is 0 Å². The molecule has 0 radical (unpaired) electrons. The van der Waals surface area contributed by atoms with Crippen molar-refractivity contribution in [3.05, 3.63) is 59.4 Å². The summed E-state index contributed by atoms with van der Waals surface area (Å²) in [4.78, 5) is 4.31. The van der Waals surface area contributed by atoms with Crippen LogP contribution in [0.3, 0.4) is 0 Å². The van der Waals surface area contributed by atoms with Crippen molar-refractivity contribution in [2.24, 2.45) is 0 Å². The number of aryl methyl sites for hydroxylation is 1. The maximum absolute atomic E-state index is 10.2. The molecule has 1 N–H and O–H groups in total. The largest absolute Gasteiger partial charge is 0.497 e. The third kappa shape index (κ3) is 2.63. The van der Waals surface area contributed by atoms with Crippen LogP contribution in [-0.4, -0.2) is 17.2 Å². The fourth-order valence-corrected chi connectivity index (χ4v) is 1.70. The van der Waals surface area contributed by atoms with Gasteiger partial charge in [-0.2, -0.15) is 0 Å². The maximum Gasteiger partial charge on any atom is 0.121 e. The summed E-state index contributed by atoms with van der Waals surface area (Å²) < 4.78 is 5.13. The molecule has 0 saturated carbocycles. The summed E-state index contributed by atoms with van der Waals surface area (Å²) in [6.45, 7) is 1.90. The molecule has 0 fully saturated rings. The summed E-state index contributed by atoms with van der Waals surface area (Å²) in [5.41, 5.74) is 2.32. The number of benzene rings is 1. The van der Waals surface area contributed by atoms with Gasteiger partial charge in [-0.15, -0.1) is 0 Å². The van der Waals surface area contributed by atoms with Gasteiger partial charge in [-0.25, -0.2) is 0 Å². The molecular weight excluding hydrogens is 214 g/mol. The quantitative estimate of drug-likeness (QED) is 0.879. The molecule has 0 aliphatic rings. The van der Waals surface area contributed by atoms with Crippen molar-refractivity contribution >= 4 is 0 Å². The molecule has 2 rings (SSSR count). The number of methoxy groups -OCH3 is 1. The Kier molecular flexibility index (Phi) is 3.40. The predicted octanol–water partition coefficient (Wildman–Crippen LogP) is 2.48. The number of ether oxygens (including phenoxy) is 1. The van der Waals surface area contributed by atoms with Gasteiger partial charge in [0.1, 0.15) is 11.9 Å². The molecule has 0 bridgehead atoms. The van der Waals surface area contributed by atoms with E-state index in [1.54, 1.807) is 7.11 Å². The van der Waals surface area contributed by atoms with Crippen molar-refractivity contribution in [3.8, 4) is 5.75 Å².